The summed E-state index contributed by atoms with van der Waals surface area (Å²) in [6.07, 6.45) is 1.33. The van der Waals surface area contributed by atoms with Gasteiger partial charge in [0.05, 0.1) is 0 Å². The van der Waals surface area contributed by atoms with Crippen molar-refractivity contribution in [2.45, 2.75) is 90.8 Å². The van der Waals surface area contributed by atoms with Gasteiger partial charge in [-0.25, -0.2) is 14.4 Å². The van der Waals surface area contributed by atoms with Gasteiger partial charge in [-0.2, -0.15) is 0 Å². The van der Waals surface area contributed by atoms with Gasteiger partial charge in [0.25, 0.3) is 6.10 Å². The predicted octanol–water partition coefficient (Wildman–Crippen LogP) is 6.05. The molecule has 1 unspecified atom stereocenters. The third kappa shape index (κ3) is 14.0. The molecule has 0 aromatic heterocycles. The molecule has 47 heavy (non-hydrogen) atoms. The highest BCUT2D eigenvalue weighted by Crippen LogP contribution is 2.18. The summed E-state index contributed by atoms with van der Waals surface area (Å²) >= 11 is 0. The number of hydrogen-bond donors (Lipinski definition) is 2. The Labute approximate surface area is 277 Å². The summed E-state index contributed by atoms with van der Waals surface area (Å²) in [7, 11) is 0. The quantitative estimate of drug-likeness (QED) is 0.0785. The van der Waals surface area contributed by atoms with Gasteiger partial charge in [0.2, 0.25) is 5.91 Å². The van der Waals surface area contributed by atoms with Crippen molar-refractivity contribution in [3.8, 4) is 5.75 Å². The van der Waals surface area contributed by atoms with E-state index in [0.29, 0.717) is 19.4 Å². The molecule has 0 aliphatic carbocycles. The molecule has 0 heterocycles. The molecular weight excluding hydrogens is 600 g/mol. The van der Waals surface area contributed by atoms with Gasteiger partial charge in [-0.05, 0) is 68.9 Å². The molecule has 10 nitrogen and oxygen atoms in total. The Morgan fingerprint density at radius 3 is 1.79 bits per heavy atom. The molecule has 252 valence electrons. The van der Waals surface area contributed by atoms with E-state index in [4.69, 9.17) is 18.9 Å². The number of benzene rings is 3. The van der Waals surface area contributed by atoms with Crippen molar-refractivity contribution in [1.29, 1.82) is 0 Å². The van der Waals surface area contributed by atoms with E-state index in [1.165, 1.54) is 0 Å². The van der Waals surface area contributed by atoms with Gasteiger partial charge in [-0.15, -0.1) is 0 Å². The van der Waals surface area contributed by atoms with E-state index in [1.54, 1.807) is 69.3 Å². The third-order valence-electron chi connectivity index (χ3n) is 6.86. The maximum Gasteiger partial charge on any atom is 0.408 e. The molecule has 2 amide bonds. The second kappa shape index (κ2) is 19.0. The number of nitrogens with one attached hydrogen (secondary N) is 2. The van der Waals surface area contributed by atoms with Gasteiger partial charge in [-0.1, -0.05) is 92.6 Å². The first kappa shape index (κ1) is 36.6. The van der Waals surface area contributed by atoms with Crippen molar-refractivity contribution < 1.29 is 38.1 Å². The summed E-state index contributed by atoms with van der Waals surface area (Å²) in [6.45, 7) is 7.81. The van der Waals surface area contributed by atoms with E-state index in [9.17, 15) is 19.2 Å². The number of alkyl carbamates (subject to hydrolysis) is 1. The number of hydrogen-bond acceptors (Lipinski definition) is 8. The lowest BCUT2D eigenvalue weighted by Gasteiger charge is -2.23. The van der Waals surface area contributed by atoms with Crippen molar-refractivity contribution >= 4 is 23.9 Å². The Morgan fingerprint density at radius 1 is 0.723 bits per heavy atom. The molecule has 0 saturated heterocycles. The largest absolute Gasteiger partial charge is 0.467 e. The lowest BCUT2D eigenvalue weighted by Crippen LogP contribution is -2.48. The average Bonchev–Trinajstić information content (AvgIpc) is 3.06. The van der Waals surface area contributed by atoms with Crippen LogP contribution in [0.4, 0.5) is 4.79 Å². The fourth-order valence-corrected chi connectivity index (χ4v) is 4.41. The van der Waals surface area contributed by atoms with Crippen LogP contribution in [0.1, 0.15) is 70.1 Å². The Balaban J connectivity index is 1.65. The molecule has 2 N–H and O–H groups in total. The standard InChI is InChI=1S/C37H46N2O8/c1-5-6-13-24-38-33(40)31(39-36(43)47-37(2,3)4)23-20-27-18-21-30(22-19-27)46-32(34(41)44-25-28-14-9-7-10-15-28)35(42)45-26-29-16-11-8-12-17-29/h7-12,14-19,21-22,31-32H,5-6,13,20,23-26H2,1-4H3,(H,38,40)(H,39,43). The number of carbonyl (C=O) groups excluding carboxylic acids is 4. The van der Waals surface area contributed by atoms with E-state index in [0.717, 1.165) is 36.0 Å². The molecule has 3 aromatic rings. The van der Waals surface area contributed by atoms with Crippen molar-refractivity contribution in [2.75, 3.05) is 6.54 Å². The van der Waals surface area contributed by atoms with Crippen LogP contribution in [-0.2, 0) is 48.2 Å². The highest BCUT2D eigenvalue weighted by Gasteiger charge is 2.33. The maximum absolute atomic E-state index is 13.0. The van der Waals surface area contributed by atoms with Crippen molar-refractivity contribution in [2.24, 2.45) is 0 Å². The first-order valence-corrected chi connectivity index (χ1v) is 16.0. The summed E-state index contributed by atoms with van der Waals surface area (Å²) in [5, 5.41) is 5.59. The van der Waals surface area contributed by atoms with E-state index < -0.39 is 35.8 Å². The number of carbonyl (C=O) groups is 4. The topological polar surface area (TPSA) is 129 Å². The Morgan fingerprint density at radius 2 is 1.28 bits per heavy atom. The monoisotopic (exact) mass is 646 g/mol. The zero-order valence-electron chi connectivity index (χ0n) is 27.7. The molecule has 0 saturated carbocycles. The van der Waals surface area contributed by atoms with Gasteiger partial charge >= 0.3 is 18.0 Å². The van der Waals surface area contributed by atoms with Gasteiger partial charge in [0, 0.05) is 6.54 Å². The van der Waals surface area contributed by atoms with Gasteiger partial charge in [-0.3, -0.25) is 4.79 Å². The zero-order valence-corrected chi connectivity index (χ0v) is 27.7. The van der Waals surface area contributed by atoms with Crippen LogP contribution in [0.3, 0.4) is 0 Å². The summed E-state index contributed by atoms with van der Waals surface area (Å²) < 4.78 is 22.0. The molecule has 0 aliphatic rings. The molecule has 0 radical (unpaired) electrons. The van der Waals surface area contributed by atoms with Crippen LogP contribution in [0.25, 0.3) is 0 Å². The Bertz CT molecular complexity index is 1350. The van der Waals surface area contributed by atoms with Crippen LogP contribution in [-0.4, -0.2) is 48.2 Å². The summed E-state index contributed by atoms with van der Waals surface area (Å²) in [5.41, 5.74) is 1.66. The van der Waals surface area contributed by atoms with Crippen LogP contribution in [0.15, 0.2) is 84.9 Å². The minimum Gasteiger partial charge on any atom is -0.467 e. The van der Waals surface area contributed by atoms with Crippen molar-refractivity contribution in [3.05, 3.63) is 102 Å². The zero-order chi connectivity index (χ0) is 34.1. The smallest absolute Gasteiger partial charge is 0.408 e. The minimum absolute atomic E-state index is 0.0326. The number of aryl methyl sites for hydroxylation is 1. The maximum atomic E-state index is 13.0. The highest BCUT2D eigenvalue weighted by molar-refractivity contribution is 5.98. The highest BCUT2D eigenvalue weighted by atomic mass is 16.6. The average molecular weight is 647 g/mol. The number of amides is 2. The van der Waals surface area contributed by atoms with Crippen LogP contribution >= 0.6 is 0 Å². The molecule has 1 atom stereocenters. The second-order valence-corrected chi connectivity index (χ2v) is 12.1. The molecule has 0 aliphatic heterocycles. The van der Waals surface area contributed by atoms with Gasteiger partial charge in [0.15, 0.2) is 0 Å². The van der Waals surface area contributed by atoms with Gasteiger partial charge < -0.3 is 29.6 Å². The lowest BCUT2D eigenvalue weighted by atomic mass is 10.0. The molecule has 0 bridgehead atoms. The molecule has 0 spiro atoms. The minimum atomic E-state index is -1.65. The van der Waals surface area contributed by atoms with E-state index in [-0.39, 0.29) is 24.9 Å². The van der Waals surface area contributed by atoms with E-state index in [1.807, 2.05) is 36.4 Å². The molecule has 3 rings (SSSR count). The lowest BCUT2D eigenvalue weighted by molar-refractivity contribution is -0.168. The van der Waals surface area contributed by atoms with Crippen LogP contribution in [0, 0.1) is 0 Å². The third-order valence-corrected chi connectivity index (χ3v) is 6.86. The Hall–Kier alpha value is -4.86. The molecule has 0 fully saturated rings. The summed E-state index contributed by atoms with van der Waals surface area (Å²) in [6, 6.07) is 24.2. The molecular formula is C37H46N2O8. The SMILES string of the molecule is CCCCCNC(=O)C(CCc1ccc(OC(C(=O)OCc2ccccc2)C(=O)OCc2ccccc2)cc1)NC(=O)OC(C)(C)C. The van der Waals surface area contributed by atoms with E-state index >= 15 is 0 Å². The van der Waals surface area contributed by atoms with Crippen molar-refractivity contribution in [3.63, 3.8) is 0 Å². The normalized spacial score (nSPS) is 11.7. The van der Waals surface area contributed by atoms with Crippen LogP contribution in [0.2, 0.25) is 0 Å². The van der Waals surface area contributed by atoms with E-state index in [2.05, 4.69) is 17.6 Å². The number of esters is 2. The number of ether oxygens (including phenoxy) is 4. The Kier molecular flexibility index (Phi) is 14.8. The second-order valence-electron chi connectivity index (χ2n) is 12.1. The van der Waals surface area contributed by atoms with Crippen molar-refractivity contribution in [1.82, 2.24) is 10.6 Å². The predicted molar refractivity (Wildman–Crippen MR) is 177 cm³/mol. The number of unbranched alkanes of at least 4 members (excludes halogenated alkanes) is 2. The van der Waals surface area contributed by atoms with Gasteiger partial charge in [0.1, 0.15) is 30.6 Å². The van der Waals surface area contributed by atoms with Crippen LogP contribution in [0.5, 0.6) is 5.75 Å². The fourth-order valence-electron chi connectivity index (χ4n) is 4.41. The first-order chi connectivity index (χ1) is 22.5. The fraction of sp³-hybridized carbons (Fsp3) is 0.405. The summed E-state index contributed by atoms with van der Waals surface area (Å²) in [4.78, 5) is 51.5. The summed E-state index contributed by atoms with van der Waals surface area (Å²) in [5.74, 6) is -1.78. The number of rotatable bonds is 17. The molecule has 10 heteroatoms. The first-order valence-electron chi connectivity index (χ1n) is 16.0. The molecule has 3 aromatic carbocycles. The van der Waals surface area contributed by atoms with Crippen LogP contribution < -0.4 is 15.4 Å².